The van der Waals surface area contributed by atoms with Gasteiger partial charge in [0.2, 0.25) is 0 Å². The van der Waals surface area contributed by atoms with Gasteiger partial charge in [0.05, 0.1) is 0 Å². The number of hydrogen-bond acceptors (Lipinski definition) is 4. The average molecular weight is 346 g/mol. The van der Waals surface area contributed by atoms with Gasteiger partial charge in [-0.1, -0.05) is 13.8 Å². The highest BCUT2D eigenvalue weighted by molar-refractivity contribution is 5.95. The molecule has 4 fully saturated rings. The third kappa shape index (κ3) is 2.43. The molecule has 0 heterocycles. The van der Waals surface area contributed by atoms with Crippen LogP contribution < -0.4 is 0 Å². The van der Waals surface area contributed by atoms with Crippen molar-refractivity contribution in [2.24, 2.45) is 34.5 Å². The summed E-state index contributed by atoms with van der Waals surface area (Å²) < 4.78 is 5.54. The Balaban J connectivity index is 1.65. The van der Waals surface area contributed by atoms with Gasteiger partial charge in [-0.3, -0.25) is 14.4 Å². The van der Waals surface area contributed by atoms with Gasteiger partial charge in [-0.15, -0.1) is 0 Å². The van der Waals surface area contributed by atoms with Crippen LogP contribution in [0.5, 0.6) is 0 Å². The molecule has 0 radical (unpaired) electrons. The summed E-state index contributed by atoms with van der Waals surface area (Å²) in [7, 11) is 0. The Kier molecular flexibility index (Phi) is 3.90. The van der Waals surface area contributed by atoms with E-state index in [-0.39, 0.29) is 23.4 Å². The maximum Gasteiger partial charge on any atom is 0.302 e. The molecule has 0 aromatic heterocycles. The lowest BCUT2D eigenvalue weighted by Gasteiger charge is -2.59. The average Bonchev–Trinajstić information content (AvgIpc) is 2.80. The Labute approximate surface area is 150 Å². The molecule has 0 aromatic carbocycles. The molecule has 0 saturated heterocycles. The number of ketones is 2. The summed E-state index contributed by atoms with van der Waals surface area (Å²) in [4.78, 5) is 37.2. The predicted molar refractivity (Wildman–Crippen MR) is 92.7 cm³/mol. The molecule has 4 nitrogen and oxygen atoms in total. The van der Waals surface area contributed by atoms with Gasteiger partial charge in [0.25, 0.3) is 0 Å². The van der Waals surface area contributed by atoms with Crippen molar-refractivity contribution in [2.75, 3.05) is 0 Å². The van der Waals surface area contributed by atoms with E-state index in [0.717, 1.165) is 38.5 Å². The molecule has 0 aromatic rings. The highest BCUT2D eigenvalue weighted by Gasteiger charge is 2.63. The first-order chi connectivity index (χ1) is 11.8. The number of rotatable bonds is 1. The Morgan fingerprint density at radius 1 is 1.08 bits per heavy atom. The van der Waals surface area contributed by atoms with Crippen molar-refractivity contribution >= 4 is 17.5 Å². The molecule has 0 aliphatic heterocycles. The van der Waals surface area contributed by atoms with E-state index in [0.29, 0.717) is 42.2 Å². The second kappa shape index (κ2) is 5.65. The third-order valence-corrected chi connectivity index (χ3v) is 8.30. The number of esters is 1. The van der Waals surface area contributed by atoms with Gasteiger partial charge in [0, 0.05) is 31.1 Å². The molecule has 4 saturated carbocycles. The van der Waals surface area contributed by atoms with E-state index < -0.39 is 5.41 Å². The second-order valence-corrected chi connectivity index (χ2v) is 9.56. The molecule has 2 unspecified atom stereocenters. The normalized spacial score (nSPS) is 49.2. The summed E-state index contributed by atoms with van der Waals surface area (Å²) >= 11 is 0. The Morgan fingerprint density at radius 3 is 2.52 bits per heavy atom. The first-order valence-electron chi connectivity index (χ1n) is 9.99. The van der Waals surface area contributed by atoms with Crippen LogP contribution in [0.4, 0.5) is 0 Å². The van der Waals surface area contributed by atoms with Crippen molar-refractivity contribution in [1.82, 2.24) is 0 Å². The molecule has 7 atom stereocenters. The third-order valence-electron chi connectivity index (χ3n) is 8.30. The number of Topliss-reactive ketones (excluding diaryl/α,β-unsaturated/α-hetero) is 2. The van der Waals surface area contributed by atoms with Crippen LogP contribution in [-0.4, -0.2) is 23.6 Å². The molecular formula is C21H30O4. The molecule has 4 aliphatic rings. The SMILES string of the molecule is CC(=O)OC1CCC2CC[C@@H]3[C@H](C(=O)C[C@]4(C)C(=O)CC[C@@H]34)[C@@]2(C)C1. The highest BCUT2D eigenvalue weighted by Crippen LogP contribution is 2.64. The first kappa shape index (κ1) is 17.2. The maximum absolute atomic E-state index is 13.3. The molecule has 0 amide bonds. The van der Waals surface area contributed by atoms with Crippen molar-refractivity contribution in [3.8, 4) is 0 Å². The van der Waals surface area contributed by atoms with Crippen LogP contribution in [-0.2, 0) is 19.1 Å². The Hall–Kier alpha value is -1.19. The summed E-state index contributed by atoms with van der Waals surface area (Å²) in [6.07, 6.45) is 6.99. The molecular weight excluding hydrogens is 316 g/mol. The molecule has 0 bridgehead atoms. The van der Waals surface area contributed by atoms with Gasteiger partial charge in [0.1, 0.15) is 17.7 Å². The number of carbonyl (C=O) groups is 3. The fraction of sp³-hybridized carbons (Fsp3) is 0.857. The monoisotopic (exact) mass is 346 g/mol. The molecule has 138 valence electrons. The molecule has 0 N–H and O–H groups in total. The van der Waals surface area contributed by atoms with Crippen LogP contribution in [0.3, 0.4) is 0 Å². The van der Waals surface area contributed by atoms with Gasteiger partial charge in [0.15, 0.2) is 0 Å². The summed E-state index contributed by atoms with van der Waals surface area (Å²) in [6, 6.07) is 0. The number of carbonyl (C=O) groups excluding carboxylic acids is 3. The summed E-state index contributed by atoms with van der Waals surface area (Å²) in [5.41, 5.74) is -0.489. The van der Waals surface area contributed by atoms with E-state index in [4.69, 9.17) is 4.74 Å². The smallest absolute Gasteiger partial charge is 0.302 e. The molecule has 25 heavy (non-hydrogen) atoms. The zero-order valence-electron chi connectivity index (χ0n) is 15.7. The van der Waals surface area contributed by atoms with Gasteiger partial charge < -0.3 is 4.74 Å². The zero-order valence-corrected chi connectivity index (χ0v) is 15.7. The lowest BCUT2D eigenvalue weighted by Crippen LogP contribution is -2.58. The largest absolute Gasteiger partial charge is 0.463 e. The van der Waals surface area contributed by atoms with Crippen LogP contribution in [0.25, 0.3) is 0 Å². The number of ether oxygens (including phenoxy) is 1. The van der Waals surface area contributed by atoms with Crippen LogP contribution in [0.15, 0.2) is 0 Å². The fourth-order valence-corrected chi connectivity index (χ4v) is 7.24. The Morgan fingerprint density at radius 2 is 1.80 bits per heavy atom. The number of hydrogen-bond donors (Lipinski definition) is 0. The van der Waals surface area contributed by atoms with E-state index in [1.165, 1.54) is 6.92 Å². The predicted octanol–water partition coefficient (Wildman–Crippen LogP) is 3.71. The van der Waals surface area contributed by atoms with Crippen molar-refractivity contribution in [1.29, 1.82) is 0 Å². The lowest BCUT2D eigenvalue weighted by atomic mass is 9.45. The minimum Gasteiger partial charge on any atom is -0.463 e. The molecule has 4 rings (SSSR count). The maximum atomic E-state index is 13.3. The van der Waals surface area contributed by atoms with Crippen molar-refractivity contribution in [3.63, 3.8) is 0 Å². The minimum absolute atomic E-state index is 0.0496. The van der Waals surface area contributed by atoms with Gasteiger partial charge in [-0.2, -0.15) is 0 Å². The molecule has 0 spiro atoms. The highest BCUT2D eigenvalue weighted by atomic mass is 16.5. The quantitative estimate of drug-likeness (QED) is 0.679. The van der Waals surface area contributed by atoms with E-state index >= 15 is 0 Å². The van der Waals surface area contributed by atoms with E-state index in [1.54, 1.807) is 0 Å². The molecule has 4 heteroatoms. The standard InChI is InChI=1S/C21H30O4/c1-12(22)25-14-6-4-13-5-7-15-16-8-9-18(24)21(16,3)11-17(23)19(15)20(13,2)10-14/h13-16,19H,4-11H2,1-3H3/t13?,14?,15-,16-,19+,20-,21-/m0/s1. The van der Waals surface area contributed by atoms with E-state index in [9.17, 15) is 14.4 Å². The van der Waals surface area contributed by atoms with Crippen molar-refractivity contribution in [3.05, 3.63) is 0 Å². The number of fused-ring (bicyclic) bond motifs is 5. The summed E-state index contributed by atoms with van der Waals surface area (Å²) in [5, 5.41) is 0. The van der Waals surface area contributed by atoms with Crippen molar-refractivity contribution < 1.29 is 19.1 Å². The van der Waals surface area contributed by atoms with Crippen LogP contribution >= 0.6 is 0 Å². The van der Waals surface area contributed by atoms with Crippen LogP contribution in [0, 0.1) is 34.5 Å². The van der Waals surface area contributed by atoms with E-state index in [1.807, 2.05) is 6.92 Å². The van der Waals surface area contributed by atoms with Gasteiger partial charge >= 0.3 is 5.97 Å². The lowest BCUT2D eigenvalue weighted by molar-refractivity contribution is -0.170. The topological polar surface area (TPSA) is 60.4 Å². The van der Waals surface area contributed by atoms with Gasteiger partial charge in [-0.25, -0.2) is 0 Å². The Bertz CT molecular complexity index is 625. The zero-order chi connectivity index (χ0) is 18.0. The fourth-order valence-electron chi connectivity index (χ4n) is 7.24. The van der Waals surface area contributed by atoms with Crippen LogP contribution in [0.1, 0.15) is 72.1 Å². The molecule has 4 aliphatic carbocycles. The van der Waals surface area contributed by atoms with E-state index in [2.05, 4.69) is 6.92 Å². The second-order valence-electron chi connectivity index (χ2n) is 9.56. The van der Waals surface area contributed by atoms with Crippen molar-refractivity contribution in [2.45, 2.75) is 78.2 Å². The van der Waals surface area contributed by atoms with Crippen LogP contribution in [0.2, 0.25) is 0 Å². The summed E-state index contributed by atoms with van der Waals surface area (Å²) in [6.45, 7) is 5.78. The van der Waals surface area contributed by atoms with Gasteiger partial charge in [-0.05, 0) is 61.7 Å². The first-order valence-corrected chi connectivity index (χ1v) is 9.99. The summed E-state index contributed by atoms with van der Waals surface area (Å²) in [5.74, 6) is 1.69. The minimum atomic E-state index is -0.411.